The number of methoxy groups -OCH3 is 1. The average molecular weight is 424 g/mol. The van der Waals surface area contributed by atoms with Crippen LogP contribution in [0.5, 0.6) is 11.5 Å². The average Bonchev–Trinajstić information content (AvgIpc) is 3.13. The molecule has 0 atom stereocenters. The molecule has 0 amide bonds. The van der Waals surface area contributed by atoms with E-state index in [1.165, 1.54) is 18.4 Å². The lowest BCUT2D eigenvalue weighted by Crippen LogP contribution is -2.13. The molecule has 0 spiro atoms. The molecule has 0 saturated carbocycles. The SMILES string of the molecule is COc1cc(/C=N\Nc2nc(C)cs2)ccc1OC(=O)c1ccc(C(C)(C)C)cc1. The Bertz CT molecular complexity index is 1050. The van der Waals surface area contributed by atoms with E-state index in [-0.39, 0.29) is 5.41 Å². The molecule has 0 bridgehead atoms. The number of nitrogens with zero attached hydrogens (tertiary/aromatic N) is 2. The number of anilines is 1. The summed E-state index contributed by atoms with van der Waals surface area (Å²) < 4.78 is 10.9. The number of thiazole rings is 1. The van der Waals surface area contributed by atoms with Gasteiger partial charge < -0.3 is 9.47 Å². The van der Waals surface area contributed by atoms with Gasteiger partial charge in [-0.1, -0.05) is 32.9 Å². The summed E-state index contributed by atoms with van der Waals surface area (Å²) >= 11 is 1.48. The second-order valence-corrected chi connectivity index (χ2v) is 8.65. The van der Waals surface area contributed by atoms with E-state index >= 15 is 0 Å². The quantitative estimate of drug-likeness (QED) is 0.248. The maximum Gasteiger partial charge on any atom is 0.343 e. The Morgan fingerprint density at radius 2 is 1.87 bits per heavy atom. The third-order valence-corrected chi connectivity index (χ3v) is 5.23. The molecule has 3 rings (SSSR count). The first-order chi connectivity index (χ1) is 14.3. The van der Waals surface area contributed by atoms with Crippen molar-refractivity contribution in [3.8, 4) is 11.5 Å². The fourth-order valence-electron chi connectivity index (χ4n) is 2.68. The zero-order valence-corrected chi connectivity index (χ0v) is 18.5. The number of hydrogen-bond donors (Lipinski definition) is 1. The molecular weight excluding hydrogens is 398 g/mol. The highest BCUT2D eigenvalue weighted by molar-refractivity contribution is 7.13. The number of carbonyl (C=O) groups excluding carboxylic acids is 1. The molecule has 0 aliphatic rings. The van der Waals surface area contributed by atoms with Gasteiger partial charge in [0.25, 0.3) is 0 Å². The molecule has 0 aliphatic heterocycles. The summed E-state index contributed by atoms with van der Waals surface area (Å²) in [5.74, 6) is 0.364. The van der Waals surface area contributed by atoms with Crippen LogP contribution in [0.25, 0.3) is 0 Å². The van der Waals surface area contributed by atoms with Crippen molar-refractivity contribution in [2.75, 3.05) is 12.5 Å². The van der Waals surface area contributed by atoms with Crippen LogP contribution >= 0.6 is 11.3 Å². The number of hydrogen-bond acceptors (Lipinski definition) is 7. The number of carbonyl (C=O) groups is 1. The van der Waals surface area contributed by atoms with Gasteiger partial charge in [0.15, 0.2) is 11.5 Å². The van der Waals surface area contributed by atoms with Gasteiger partial charge in [0.05, 0.1) is 24.6 Å². The molecule has 2 aromatic carbocycles. The molecule has 7 heteroatoms. The van der Waals surface area contributed by atoms with Crippen molar-refractivity contribution in [2.24, 2.45) is 5.10 Å². The van der Waals surface area contributed by atoms with E-state index in [9.17, 15) is 4.79 Å². The molecule has 1 N–H and O–H groups in total. The van der Waals surface area contributed by atoms with E-state index in [0.717, 1.165) is 22.0 Å². The summed E-state index contributed by atoms with van der Waals surface area (Å²) in [5.41, 5.74) is 6.29. The van der Waals surface area contributed by atoms with Crippen LogP contribution in [0.15, 0.2) is 52.9 Å². The summed E-state index contributed by atoms with van der Waals surface area (Å²) in [4.78, 5) is 16.8. The molecule has 3 aromatic rings. The van der Waals surface area contributed by atoms with Gasteiger partial charge in [-0.15, -0.1) is 11.3 Å². The zero-order valence-electron chi connectivity index (χ0n) is 17.7. The molecular formula is C23H25N3O3S. The molecule has 0 unspecified atom stereocenters. The number of aromatic nitrogens is 1. The highest BCUT2D eigenvalue weighted by Crippen LogP contribution is 2.29. The lowest BCUT2D eigenvalue weighted by atomic mass is 9.87. The maximum atomic E-state index is 12.5. The monoisotopic (exact) mass is 423 g/mol. The number of esters is 1. The van der Waals surface area contributed by atoms with Crippen LogP contribution in [-0.4, -0.2) is 24.3 Å². The number of aryl methyl sites for hydroxylation is 1. The first-order valence-corrected chi connectivity index (χ1v) is 10.4. The van der Waals surface area contributed by atoms with Crippen molar-refractivity contribution in [2.45, 2.75) is 33.1 Å². The van der Waals surface area contributed by atoms with Crippen LogP contribution < -0.4 is 14.9 Å². The first kappa shape index (κ1) is 21.5. The normalized spacial score (nSPS) is 11.5. The fourth-order valence-corrected chi connectivity index (χ4v) is 3.32. The van der Waals surface area contributed by atoms with E-state index in [1.807, 2.05) is 24.4 Å². The van der Waals surface area contributed by atoms with Crippen LogP contribution in [0, 0.1) is 6.92 Å². The van der Waals surface area contributed by atoms with Gasteiger partial charge in [-0.05, 0) is 53.8 Å². The van der Waals surface area contributed by atoms with Gasteiger partial charge in [0.2, 0.25) is 5.13 Å². The Labute approximate surface area is 180 Å². The molecule has 0 saturated heterocycles. The summed E-state index contributed by atoms with van der Waals surface area (Å²) in [6.07, 6.45) is 1.65. The van der Waals surface area contributed by atoms with Crippen LogP contribution in [0.3, 0.4) is 0 Å². The Hall–Kier alpha value is -3.19. The summed E-state index contributed by atoms with van der Waals surface area (Å²) in [5, 5.41) is 6.84. The Morgan fingerprint density at radius 1 is 1.13 bits per heavy atom. The number of rotatable bonds is 6. The van der Waals surface area contributed by atoms with Gasteiger partial charge in [0, 0.05) is 5.38 Å². The van der Waals surface area contributed by atoms with Crippen molar-refractivity contribution in [3.05, 3.63) is 70.2 Å². The van der Waals surface area contributed by atoms with Crippen LogP contribution in [0.1, 0.15) is 48.0 Å². The van der Waals surface area contributed by atoms with Crippen molar-refractivity contribution >= 4 is 28.7 Å². The lowest BCUT2D eigenvalue weighted by molar-refractivity contribution is 0.0729. The van der Waals surface area contributed by atoms with Gasteiger partial charge in [0.1, 0.15) is 0 Å². The second kappa shape index (κ2) is 9.09. The van der Waals surface area contributed by atoms with E-state index in [4.69, 9.17) is 9.47 Å². The van der Waals surface area contributed by atoms with E-state index in [2.05, 4.69) is 36.3 Å². The number of hydrazone groups is 1. The standard InChI is InChI=1S/C23H25N3O3S/c1-15-14-30-22(25-15)26-24-13-16-6-11-19(20(12-16)28-5)29-21(27)17-7-9-18(10-8-17)23(2,3)4/h6-14H,1-5H3,(H,25,26)/b24-13-. The summed E-state index contributed by atoms with van der Waals surface area (Å²) in [7, 11) is 1.53. The minimum Gasteiger partial charge on any atom is -0.493 e. The number of ether oxygens (including phenoxy) is 2. The predicted octanol–water partition coefficient (Wildman–Crippen LogP) is 5.42. The molecule has 0 fully saturated rings. The third-order valence-electron chi connectivity index (χ3n) is 4.37. The number of nitrogens with one attached hydrogen (secondary N) is 1. The third kappa shape index (κ3) is 5.45. The number of benzene rings is 2. The molecule has 6 nitrogen and oxygen atoms in total. The van der Waals surface area contributed by atoms with E-state index < -0.39 is 5.97 Å². The van der Waals surface area contributed by atoms with Gasteiger partial charge in [-0.25, -0.2) is 9.78 Å². The smallest absolute Gasteiger partial charge is 0.343 e. The van der Waals surface area contributed by atoms with Crippen LogP contribution in [-0.2, 0) is 5.41 Å². The molecule has 30 heavy (non-hydrogen) atoms. The Morgan fingerprint density at radius 3 is 2.47 bits per heavy atom. The van der Waals surface area contributed by atoms with Gasteiger partial charge in [-0.3, -0.25) is 5.43 Å². The van der Waals surface area contributed by atoms with E-state index in [1.54, 1.807) is 36.5 Å². The molecule has 1 aromatic heterocycles. The topological polar surface area (TPSA) is 72.8 Å². The minimum absolute atomic E-state index is 0.0241. The minimum atomic E-state index is -0.434. The van der Waals surface area contributed by atoms with Gasteiger partial charge in [-0.2, -0.15) is 5.10 Å². The van der Waals surface area contributed by atoms with Crippen molar-refractivity contribution in [3.63, 3.8) is 0 Å². The van der Waals surface area contributed by atoms with Crippen LogP contribution in [0.4, 0.5) is 5.13 Å². The van der Waals surface area contributed by atoms with Crippen molar-refractivity contribution < 1.29 is 14.3 Å². The lowest BCUT2D eigenvalue weighted by Gasteiger charge is -2.19. The highest BCUT2D eigenvalue weighted by Gasteiger charge is 2.16. The van der Waals surface area contributed by atoms with Gasteiger partial charge >= 0.3 is 5.97 Å². The second-order valence-electron chi connectivity index (χ2n) is 7.79. The fraction of sp³-hybridized carbons (Fsp3) is 0.261. The molecule has 0 radical (unpaired) electrons. The molecule has 1 heterocycles. The predicted molar refractivity (Wildman–Crippen MR) is 121 cm³/mol. The first-order valence-electron chi connectivity index (χ1n) is 9.48. The molecule has 156 valence electrons. The molecule has 0 aliphatic carbocycles. The van der Waals surface area contributed by atoms with E-state index in [0.29, 0.717) is 17.1 Å². The summed E-state index contributed by atoms with van der Waals surface area (Å²) in [6.45, 7) is 8.31. The maximum absolute atomic E-state index is 12.5. The van der Waals surface area contributed by atoms with Crippen LogP contribution in [0.2, 0.25) is 0 Å². The highest BCUT2D eigenvalue weighted by atomic mass is 32.1. The zero-order chi connectivity index (χ0) is 21.7. The Balaban J connectivity index is 1.69. The summed E-state index contributed by atoms with van der Waals surface area (Å²) in [6, 6.07) is 12.7. The Kier molecular flexibility index (Phi) is 6.52. The van der Waals surface area contributed by atoms with Crippen molar-refractivity contribution in [1.29, 1.82) is 0 Å². The largest absolute Gasteiger partial charge is 0.493 e. The van der Waals surface area contributed by atoms with Crippen molar-refractivity contribution in [1.82, 2.24) is 4.98 Å².